The van der Waals surface area contributed by atoms with E-state index in [0.29, 0.717) is 0 Å². The second-order valence-corrected chi connectivity index (χ2v) is 8.38. The zero-order chi connectivity index (χ0) is 20.3. The molecule has 0 bridgehead atoms. The molecule has 0 aliphatic carbocycles. The largest absolute Gasteiger partial charge is 0.333 e. The lowest BCUT2D eigenvalue weighted by Crippen LogP contribution is -2.38. The van der Waals surface area contributed by atoms with Crippen molar-refractivity contribution in [3.05, 3.63) is 120 Å². The van der Waals surface area contributed by atoms with Crippen LogP contribution in [0, 0.1) is 0 Å². The van der Waals surface area contributed by atoms with Crippen LogP contribution in [-0.2, 0) is 16.3 Å². The van der Waals surface area contributed by atoms with Crippen LogP contribution in [-0.4, -0.2) is 24.6 Å². The molecular weight excluding hydrogens is 385 g/mol. The molecule has 1 heterocycles. The predicted octanol–water partition coefficient (Wildman–Crippen LogP) is 3.80. The maximum absolute atomic E-state index is 11.5. The molecule has 4 aromatic rings. The first kappa shape index (κ1) is 19.3. The fraction of sp³-hybridized carbons (Fsp3) is 0.0909. The van der Waals surface area contributed by atoms with E-state index in [1.807, 2.05) is 91.0 Å². The minimum Gasteiger partial charge on any atom is -0.324 e. The molecule has 0 amide bonds. The minimum atomic E-state index is -4.28. The third-order valence-corrected chi connectivity index (χ3v) is 5.50. The smallest absolute Gasteiger partial charge is 0.324 e. The van der Waals surface area contributed by atoms with E-state index in [1.54, 1.807) is 4.68 Å². The first-order valence-electron chi connectivity index (χ1n) is 9.12. The van der Waals surface area contributed by atoms with E-state index >= 15 is 0 Å². The van der Waals surface area contributed by atoms with Gasteiger partial charge in [0.15, 0.2) is 5.82 Å². The van der Waals surface area contributed by atoms with Gasteiger partial charge in [0, 0.05) is 0 Å². The summed E-state index contributed by atoms with van der Waals surface area (Å²) in [5.41, 5.74) is 2.05. The van der Waals surface area contributed by atoms with Crippen LogP contribution in [0.5, 0.6) is 0 Å². The van der Waals surface area contributed by atoms with Gasteiger partial charge in [-0.1, -0.05) is 91.0 Å². The van der Waals surface area contributed by atoms with Gasteiger partial charge in [-0.3, -0.25) is 4.57 Å². The van der Waals surface area contributed by atoms with Crippen LogP contribution in [0.3, 0.4) is 0 Å². The predicted molar refractivity (Wildman–Crippen MR) is 110 cm³/mol. The van der Waals surface area contributed by atoms with Crippen LogP contribution in [0.2, 0.25) is 0 Å². The molecule has 0 spiro atoms. The van der Waals surface area contributed by atoms with Crippen LogP contribution < -0.4 is 0 Å². The van der Waals surface area contributed by atoms with E-state index in [-0.39, 0.29) is 5.82 Å². The van der Waals surface area contributed by atoms with Crippen molar-refractivity contribution in [2.24, 2.45) is 0 Å². The maximum Gasteiger partial charge on any atom is 0.333 e. The van der Waals surface area contributed by atoms with Crippen molar-refractivity contribution in [1.82, 2.24) is 14.8 Å². The van der Waals surface area contributed by atoms with E-state index in [0.717, 1.165) is 16.7 Å². The molecule has 0 fully saturated rings. The van der Waals surface area contributed by atoms with E-state index in [4.69, 9.17) is 0 Å². The quantitative estimate of drug-likeness (QED) is 0.376. The molecule has 0 aliphatic heterocycles. The molecule has 2 N–H and O–H groups in total. The monoisotopic (exact) mass is 405 g/mol. The molecule has 7 heteroatoms. The molecule has 0 aliphatic rings. The second-order valence-electron chi connectivity index (χ2n) is 6.74. The van der Waals surface area contributed by atoms with Gasteiger partial charge in [-0.15, -0.1) is 0 Å². The third-order valence-electron chi connectivity index (χ3n) is 4.81. The molecule has 0 saturated carbocycles. The number of rotatable bonds is 6. The molecule has 0 atom stereocenters. The number of hydrogen-bond donors (Lipinski definition) is 2. The molecule has 4 rings (SSSR count). The highest BCUT2D eigenvalue weighted by Gasteiger charge is 2.39. The lowest BCUT2D eigenvalue weighted by molar-refractivity contribution is 0.370. The van der Waals surface area contributed by atoms with Crippen molar-refractivity contribution in [1.29, 1.82) is 0 Å². The Morgan fingerprint density at radius 2 is 1.17 bits per heavy atom. The first-order valence-corrected chi connectivity index (χ1v) is 10.9. The van der Waals surface area contributed by atoms with Gasteiger partial charge in [-0.2, -0.15) is 5.10 Å². The van der Waals surface area contributed by atoms with Crippen molar-refractivity contribution in [3.63, 3.8) is 0 Å². The Morgan fingerprint density at radius 3 is 1.55 bits per heavy atom. The summed E-state index contributed by atoms with van der Waals surface area (Å²) < 4.78 is 13.2. The van der Waals surface area contributed by atoms with Crippen molar-refractivity contribution < 1.29 is 14.4 Å². The van der Waals surface area contributed by atoms with Crippen molar-refractivity contribution >= 4 is 7.60 Å². The highest BCUT2D eigenvalue weighted by Crippen LogP contribution is 2.41. The third kappa shape index (κ3) is 3.78. The Morgan fingerprint density at radius 1 is 0.759 bits per heavy atom. The van der Waals surface area contributed by atoms with Crippen molar-refractivity contribution in [2.75, 3.05) is 0 Å². The summed E-state index contributed by atoms with van der Waals surface area (Å²) in [6.07, 6.45) is 1.03. The summed E-state index contributed by atoms with van der Waals surface area (Å²) in [5.74, 6) is 0.102. The van der Waals surface area contributed by atoms with Crippen LogP contribution in [0.15, 0.2) is 97.3 Å². The molecule has 29 heavy (non-hydrogen) atoms. The maximum atomic E-state index is 11.5. The summed E-state index contributed by atoms with van der Waals surface area (Å²) in [6.45, 7) is 0. The SMILES string of the molecule is O=P(O)(O)Cc1ncn(C(c2ccccc2)(c2ccccc2)c2ccccc2)n1. The molecule has 0 unspecified atom stereocenters. The molecular formula is C22H20N3O3P. The number of hydrogen-bond acceptors (Lipinski definition) is 3. The highest BCUT2D eigenvalue weighted by atomic mass is 31.2. The topological polar surface area (TPSA) is 88.2 Å². The Bertz CT molecular complexity index is 1030. The van der Waals surface area contributed by atoms with E-state index in [2.05, 4.69) is 10.1 Å². The zero-order valence-electron chi connectivity index (χ0n) is 15.5. The van der Waals surface area contributed by atoms with E-state index < -0.39 is 19.3 Å². The standard InChI is InChI=1S/C22H20N3O3P/c26-29(27,28)16-21-23-17-25(24-21)22(18-10-4-1-5-11-18,19-12-6-2-7-13-19)20-14-8-3-9-15-20/h1-15,17H,16H2,(H2,26,27,28). The molecule has 0 saturated heterocycles. The highest BCUT2D eigenvalue weighted by molar-refractivity contribution is 7.50. The van der Waals surface area contributed by atoms with Crippen molar-refractivity contribution in [2.45, 2.75) is 11.7 Å². The second kappa shape index (κ2) is 7.76. The van der Waals surface area contributed by atoms with Gasteiger partial charge in [0.2, 0.25) is 0 Å². The van der Waals surface area contributed by atoms with Gasteiger partial charge in [0.1, 0.15) is 18.0 Å². The Labute approximate surface area is 168 Å². The van der Waals surface area contributed by atoms with Crippen LogP contribution in [0.25, 0.3) is 0 Å². The van der Waals surface area contributed by atoms with E-state index in [1.165, 1.54) is 6.33 Å². The van der Waals surface area contributed by atoms with Crippen LogP contribution >= 0.6 is 7.60 Å². The fourth-order valence-electron chi connectivity index (χ4n) is 3.65. The summed E-state index contributed by atoms with van der Waals surface area (Å²) >= 11 is 0. The first-order chi connectivity index (χ1) is 14.0. The average molecular weight is 405 g/mol. The normalized spacial score (nSPS) is 12.1. The Kier molecular flexibility index (Phi) is 5.16. The van der Waals surface area contributed by atoms with Crippen LogP contribution in [0.4, 0.5) is 0 Å². The number of aromatic nitrogens is 3. The van der Waals surface area contributed by atoms with E-state index in [9.17, 15) is 14.4 Å². The van der Waals surface area contributed by atoms with Gasteiger partial charge in [0.05, 0.1) is 0 Å². The molecule has 6 nitrogen and oxygen atoms in total. The lowest BCUT2D eigenvalue weighted by Gasteiger charge is -2.35. The molecule has 0 radical (unpaired) electrons. The van der Waals surface area contributed by atoms with Crippen LogP contribution in [0.1, 0.15) is 22.5 Å². The Hall–Kier alpha value is -3.05. The summed E-state index contributed by atoms with van der Waals surface area (Å²) in [7, 11) is -4.28. The molecule has 1 aromatic heterocycles. The summed E-state index contributed by atoms with van der Waals surface area (Å²) in [6, 6.07) is 29.7. The van der Waals surface area contributed by atoms with Gasteiger partial charge >= 0.3 is 7.60 Å². The number of nitrogens with zero attached hydrogens (tertiary/aromatic N) is 3. The summed E-state index contributed by atoms with van der Waals surface area (Å²) in [4.78, 5) is 22.9. The number of benzene rings is 3. The fourth-order valence-corrected chi connectivity index (χ4v) is 4.16. The van der Waals surface area contributed by atoms with Gasteiger partial charge in [-0.25, -0.2) is 9.67 Å². The van der Waals surface area contributed by atoms with Gasteiger partial charge in [0.25, 0.3) is 0 Å². The molecule has 3 aromatic carbocycles. The van der Waals surface area contributed by atoms with Crippen molar-refractivity contribution in [3.8, 4) is 0 Å². The lowest BCUT2D eigenvalue weighted by atomic mass is 9.77. The van der Waals surface area contributed by atoms with Gasteiger partial charge in [-0.05, 0) is 16.7 Å². The van der Waals surface area contributed by atoms with Gasteiger partial charge < -0.3 is 9.79 Å². The summed E-state index contributed by atoms with van der Waals surface area (Å²) in [5, 5.41) is 4.51. The Balaban J connectivity index is 2.02. The zero-order valence-corrected chi connectivity index (χ0v) is 16.4. The molecule has 146 valence electrons. The average Bonchev–Trinajstić information content (AvgIpc) is 3.18. The minimum absolute atomic E-state index is 0.102.